The normalized spacial score (nSPS) is 26.2. The van der Waals surface area contributed by atoms with Gasteiger partial charge in [0.15, 0.2) is 0 Å². The van der Waals surface area contributed by atoms with E-state index in [-0.39, 0.29) is 11.4 Å². The van der Waals surface area contributed by atoms with Crippen LogP contribution in [0.25, 0.3) is 0 Å². The number of hydrogen-bond acceptors (Lipinski definition) is 4. The van der Waals surface area contributed by atoms with Crippen LogP contribution in [-0.4, -0.2) is 61.7 Å². The molecular weight excluding hydrogens is 264 g/mol. The summed E-state index contributed by atoms with van der Waals surface area (Å²) in [4.78, 5) is 15.1. The maximum atomic E-state index is 12.7. The van der Waals surface area contributed by atoms with Crippen molar-refractivity contribution in [1.82, 2.24) is 20.9 Å². The zero-order valence-electron chi connectivity index (χ0n) is 13.9. The molecular formula is C16H32N4O. The Bertz CT molecular complexity index is 339. The summed E-state index contributed by atoms with van der Waals surface area (Å²) >= 11 is 0. The lowest BCUT2D eigenvalue weighted by atomic mass is 9.86. The quantitative estimate of drug-likeness (QED) is 0.676. The Kier molecular flexibility index (Phi) is 6.02. The minimum absolute atomic E-state index is 0.193. The summed E-state index contributed by atoms with van der Waals surface area (Å²) in [5.41, 5.74) is -0.374. The van der Waals surface area contributed by atoms with Crippen molar-refractivity contribution in [2.45, 2.75) is 63.6 Å². The molecule has 3 N–H and O–H groups in total. The van der Waals surface area contributed by atoms with Crippen LogP contribution in [0.2, 0.25) is 0 Å². The average molecular weight is 296 g/mol. The summed E-state index contributed by atoms with van der Waals surface area (Å²) in [5.74, 6) is 0.193. The zero-order chi connectivity index (χ0) is 15.3. The molecule has 122 valence electrons. The Balaban J connectivity index is 1.83. The van der Waals surface area contributed by atoms with Gasteiger partial charge in [0.25, 0.3) is 0 Å². The number of carbonyl (C=O) groups is 1. The predicted molar refractivity (Wildman–Crippen MR) is 86.4 cm³/mol. The van der Waals surface area contributed by atoms with Crippen LogP contribution in [0.5, 0.6) is 0 Å². The van der Waals surface area contributed by atoms with Crippen molar-refractivity contribution >= 4 is 5.91 Å². The molecule has 2 aliphatic rings. The number of nitrogens with zero attached hydrogens (tertiary/aromatic N) is 1. The molecule has 0 aliphatic carbocycles. The van der Waals surface area contributed by atoms with E-state index in [2.05, 4.69) is 41.7 Å². The molecule has 1 atom stereocenters. The molecule has 1 amide bonds. The second-order valence-electron chi connectivity index (χ2n) is 6.95. The number of likely N-dealkylation sites (tertiary alicyclic amines) is 1. The van der Waals surface area contributed by atoms with Crippen LogP contribution in [0, 0.1) is 0 Å². The Morgan fingerprint density at radius 2 is 2.10 bits per heavy atom. The third-order valence-electron chi connectivity index (χ3n) is 4.89. The molecule has 21 heavy (non-hydrogen) atoms. The second-order valence-corrected chi connectivity index (χ2v) is 6.95. The number of amides is 1. The van der Waals surface area contributed by atoms with Crippen molar-refractivity contribution in [3.63, 3.8) is 0 Å². The summed E-state index contributed by atoms with van der Waals surface area (Å²) in [6.45, 7) is 8.05. The molecule has 0 aromatic carbocycles. The Morgan fingerprint density at radius 1 is 1.38 bits per heavy atom. The van der Waals surface area contributed by atoms with Crippen molar-refractivity contribution in [3.05, 3.63) is 0 Å². The summed E-state index contributed by atoms with van der Waals surface area (Å²) in [5, 5.41) is 10.1. The van der Waals surface area contributed by atoms with Gasteiger partial charge in [0, 0.05) is 18.6 Å². The summed E-state index contributed by atoms with van der Waals surface area (Å²) in [6.07, 6.45) is 5.38. The van der Waals surface area contributed by atoms with Crippen LogP contribution in [0.15, 0.2) is 0 Å². The maximum absolute atomic E-state index is 12.7. The van der Waals surface area contributed by atoms with Gasteiger partial charge in [-0.25, -0.2) is 0 Å². The second kappa shape index (κ2) is 7.56. The molecule has 0 radical (unpaired) electrons. The Hall–Kier alpha value is -0.650. The van der Waals surface area contributed by atoms with E-state index in [1.807, 2.05) is 0 Å². The molecule has 2 saturated heterocycles. The highest BCUT2D eigenvalue weighted by Crippen LogP contribution is 2.20. The summed E-state index contributed by atoms with van der Waals surface area (Å²) in [6, 6.07) is 0.974. The standard InChI is InChI=1S/C16H32N4O/c1-13(2)19-16(7-10-17-11-8-16)15(21)18-9-6-14-5-4-12-20(14)3/h13-14,17,19H,4-12H2,1-3H3,(H,18,21). The molecule has 0 aromatic heterocycles. The third-order valence-corrected chi connectivity index (χ3v) is 4.89. The average Bonchev–Trinajstić information content (AvgIpc) is 2.84. The molecule has 2 rings (SSSR count). The molecule has 0 bridgehead atoms. The van der Waals surface area contributed by atoms with E-state index in [1.165, 1.54) is 19.4 Å². The van der Waals surface area contributed by atoms with Gasteiger partial charge in [-0.3, -0.25) is 4.79 Å². The van der Waals surface area contributed by atoms with Gasteiger partial charge in [-0.2, -0.15) is 0 Å². The first-order chi connectivity index (χ1) is 10.0. The van der Waals surface area contributed by atoms with E-state index in [4.69, 9.17) is 0 Å². The fraction of sp³-hybridized carbons (Fsp3) is 0.938. The molecule has 5 heteroatoms. The van der Waals surface area contributed by atoms with Crippen LogP contribution in [0.4, 0.5) is 0 Å². The molecule has 2 fully saturated rings. The number of rotatable bonds is 6. The van der Waals surface area contributed by atoms with Crippen molar-refractivity contribution in [2.24, 2.45) is 0 Å². The highest BCUT2D eigenvalue weighted by atomic mass is 16.2. The van der Waals surface area contributed by atoms with Crippen molar-refractivity contribution in [1.29, 1.82) is 0 Å². The first-order valence-electron chi connectivity index (χ1n) is 8.50. The van der Waals surface area contributed by atoms with Gasteiger partial charge in [-0.15, -0.1) is 0 Å². The number of piperidine rings is 1. The monoisotopic (exact) mass is 296 g/mol. The molecule has 2 aliphatic heterocycles. The van der Waals surface area contributed by atoms with Crippen molar-refractivity contribution < 1.29 is 4.79 Å². The minimum Gasteiger partial charge on any atom is -0.354 e. The fourth-order valence-corrected chi connectivity index (χ4v) is 3.71. The van der Waals surface area contributed by atoms with Gasteiger partial charge >= 0.3 is 0 Å². The predicted octanol–water partition coefficient (Wildman–Crippen LogP) is 0.707. The summed E-state index contributed by atoms with van der Waals surface area (Å²) < 4.78 is 0. The Morgan fingerprint density at radius 3 is 2.67 bits per heavy atom. The number of nitrogens with one attached hydrogen (secondary N) is 3. The maximum Gasteiger partial charge on any atom is 0.240 e. The van der Waals surface area contributed by atoms with Gasteiger partial charge in [-0.05, 0) is 72.6 Å². The zero-order valence-corrected chi connectivity index (χ0v) is 13.9. The van der Waals surface area contributed by atoms with E-state index in [9.17, 15) is 4.79 Å². The van der Waals surface area contributed by atoms with Crippen LogP contribution in [-0.2, 0) is 4.79 Å². The van der Waals surface area contributed by atoms with Crippen molar-refractivity contribution in [3.8, 4) is 0 Å². The largest absolute Gasteiger partial charge is 0.354 e. The van der Waals surface area contributed by atoms with Crippen LogP contribution in [0.3, 0.4) is 0 Å². The van der Waals surface area contributed by atoms with Crippen LogP contribution >= 0.6 is 0 Å². The van der Waals surface area contributed by atoms with E-state index in [0.717, 1.165) is 38.9 Å². The lowest BCUT2D eigenvalue weighted by molar-refractivity contribution is -0.129. The molecule has 0 spiro atoms. The highest BCUT2D eigenvalue weighted by molar-refractivity contribution is 5.86. The summed E-state index contributed by atoms with van der Waals surface area (Å²) in [7, 11) is 2.19. The van der Waals surface area contributed by atoms with E-state index in [1.54, 1.807) is 0 Å². The lowest BCUT2D eigenvalue weighted by Gasteiger charge is -2.38. The van der Waals surface area contributed by atoms with Gasteiger partial charge in [0.05, 0.1) is 0 Å². The van der Waals surface area contributed by atoms with Gasteiger partial charge in [0.1, 0.15) is 5.54 Å². The number of carbonyl (C=O) groups excluding carboxylic acids is 1. The van der Waals surface area contributed by atoms with Gasteiger partial charge < -0.3 is 20.9 Å². The van der Waals surface area contributed by atoms with Crippen LogP contribution in [0.1, 0.15) is 46.0 Å². The first kappa shape index (κ1) is 16.7. The van der Waals surface area contributed by atoms with E-state index in [0.29, 0.717) is 12.1 Å². The molecule has 5 nitrogen and oxygen atoms in total. The SMILES string of the molecule is CC(C)NC1(C(=O)NCCC2CCCN2C)CCNCC1. The fourth-order valence-electron chi connectivity index (χ4n) is 3.71. The third kappa shape index (κ3) is 4.41. The van der Waals surface area contributed by atoms with E-state index >= 15 is 0 Å². The lowest BCUT2D eigenvalue weighted by Crippen LogP contribution is -2.63. The molecule has 0 aromatic rings. The molecule has 0 saturated carbocycles. The molecule has 1 unspecified atom stereocenters. The topological polar surface area (TPSA) is 56.4 Å². The smallest absolute Gasteiger partial charge is 0.240 e. The van der Waals surface area contributed by atoms with Crippen LogP contribution < -0.4 is 16.0 Å². The molecule has 2 heterocycles. The first-order valence-corrected chi connectivity index (χ1v) is 8.50. The highest BCUT2D eigenvalue weighted by Gasteiger charge is 2.39. The Labute approximate surface area is 129 Å². The number of hydrogen-bond donors (Lipinski definition) is 3. The van der Waals surface area contributed by atoms with Gasteiger partial charge in [-0.1, -0.05) is 0 Å². The van der Waals surface area contributed by atoms with E-state index < -0.39 is 0 Å². The van der Waals surface area contributed by atoms with Gasteiger partial charge in [0.2, 0.25) is 5.91 Å². The minimum atomic E-state index is -0.374. The van der Waals surface area contributed by atoms with Crippen molar-refractivity contribution in [2.75, 3.05) is 33.2 Å².